The number of unbranched alkanes of at least 4 members (excludes halogenated alkanes) is 2. The molecule has 1 aliphatic rings. The zero-order valence-electron chi connectivity index (χ0n) is 46.6. The highest BCUT2D eigenvalue weighted by atomic mass is 32.2. The van der Waals surface area contributed by atoms with Gasteiger partial charge in [-0.25, -0.2) is 13.6 Å². The number of aliphatic carboxylic acids is 2. The molecule has 430 valence electrons. The third-order valence-corrected chi connectivity index (χ3v) is 13.7. The Bertz CT molecular complexity index is 2700. The molecule has 1 aliphatic heterocycles. The number of hydrogen-bond donors (Lipinski definition) is 7. The van der Waals surface area contributed by atoms with E-state index >= 15 is 4.39 Å². The van der Waals surface area contributed by atoms with Crippen molar-refractivity contribution < 1.29 is 68.4 Å². The fourth-order valence-electron chi connectivity index (χ4n) is 8.71. The molecule has 79 heavy (non-hydrogen) atoms. The van der Waals surface area contributed by atoms with E-state index in [1.165, 1.54) is 19.1 Å². The molecule has 0 unspecified atom stereocenters. The second kappa shape index (κ2) is 31.2. The Hall–Kier alpha value is -7.43. The molecule has 0 bridgehead atoms. The monoisotopic (exact) mass is 1120 g/mol. The minimum absolute atomic E-state index is 0.0110. The van der Waals surface area contributed by atoms with Crippen LogP contribution >= 0.6 is 11.8 Å². The summed E-state index contributed by atoms with van der Waals surface area (Å²) in [5.41, 5.74) is 1.13. The topological polar surface area (TPSA) is 283 Å². The standard InChI is InChI=1S/C56H74F2N8O12S/c1-35(2)51(63-45(68)16-11-8-12-27-65-47(70)20-21-48(65)71)54(76)61-36(3)53(75)60-25-13-28-66(49(72)34-79-29-24-44(67)59-26-23-46(69)62-42(55(77)78)19-22-50(73)74)52(56(4,5)6)43-30-38(40-31-39(57)17-18-41(40)58)33-64(43)32-37-14-9-7-10-15-37/h7,9-10,14-15,17-18,20-21,30-31,33,35-36,42,51-52H,8,11-13,16,19,22-29,32,34H2,1-6H3,(H,59,67)(H,60,75)(H,61,76)(H,62,69)(H,63,68)(H,73,74)(H,77,78)/t36-,42-,51-,52-/m0/s1/i/hD. The maximum Gasteiger partial charge on any atom is 0.326 e. The molecule has 0 aliphatic carbocycles. The normalized spacial score (nSPS) is 14.0. The quantitative estimate of drug-likeness (QED) is 0.0309. The number of carboxylic acid groups (broad SMARTS) is 2. The van der Waals surface area contributed by atoms with Gasteiger partial charge >= 0.3 is 11.9 Å². The molecule has 0 fully saturated rings. The Morgan fingerprint density at radius 1 is 0.772 bits per heavy atom. The Labute approximate surface area is 464 Å². The fraction of sp³-hybridized carbons (Fsp3) is 0.500. The number of aromatic nitrogens is 1. The highest BCUT2D eigenvalue weighted by Crippen LogP contribution is 2.41. The number of nitrogens with one attached hydrogen (secondary N) is 5. The van der Waals surface area contributed by atoms with Crippen LogP contribution in [-0.2, 0) is 54.5 Å². The number of amides is 8. The number of carbonyl (C=O) groups excluding carboxylic acids is 8. The third-order valence-electron chi connectivity index (χ3n) is 12.8. The summed E-state index contributed by atoms with van der Waals surface area (Å²) in [6.07, 6.45) is 4.47. The SMILES string of the molecule is [2H]N(CCC(=O)N[C@@H](CCC(=O)O)C(=O)O)C(=O)CCSCC(=O)N(CCCNC(=O)[C@H](C)NC(=O)[C@@H](NC(=O)CCCCCN1C(=O)C=CC1=O)C(C)C)[C@@H](c1cc(-c2cc(F)ccc2F)cn1Cc1ccccc1)C(C)(C)C. The van der Waals surface area contributed by atoms with Crippen LogP contribution in [0.1, 0.15) is 117 Å². The van der Waals surface area contributed by atoms with Crippen LogP contribution in [0, 0.1) is 23.0 Å². The summed E-state index contributed by atoms with van der Waals surface area (Å²) in [4.78, 5) is 129. The highest BCUT2D eigenvalue weighted by Gasteiger charge is 2.37. The molecule has 0 radical (unpaired) electrons. The highest BCUT2D eigenvalue weighted by molar-refractivity contribution is 7.99. The van der Waals surface area contributed by atoms with Gasteiger partial charge in [0.1, 0.15) is 29.8 Å². The summed E-state index contributed by atoms with van der Waals surface area (Å²) in [6, 6.07) is 10.1. The molecule has 2 aromatic carbocycles. The van der Waals surface area contributed by atoms with Crippen LogP contribution in [-0.4, -0.2) is 140 Å². The van der Waals surface area contributed by atoms with E-state index in [1.54, 1.807) is 31.0 Å². The van der Waals surface area contributed by atoms with Gasteiger partial charge in [0.15, 0.2) is 1.41 Å². The molecule has 2 heterocycles. The lowest BCUT2D eigenvalue weighted by atomic mass is 9.83. The lowest BCUT2D eigenvalue weighted by molar-refractivity contribution is -0.143. The van der Waals surface area contributed by atoms with Crippen molar-refractivity contribution in [2.75, 3.05) is 37.7 Å². The lowest BCUT2D eigenvalue weighted by Gasteiger charge is -2.41. The molecule has 20 nitrogen and oxygen atoms in total. The van der Waals surface area contributed by atoms with E-state index in [4.69, 9.17) is 6.52 Å². The molecule has 3 aromatic rings. The molecular weight excluding hydrogens is 1050 g/mol. The van der Waals surface area contributed by atoms with Crippen LogP contribution in [0.4, 0.5) is 8.78 Å². The smallest absolute Gasteiger partial charge is 0.326 e. The third kappa shape index (κ3) is 21.0. The van der Waals surface area contributed by atoms with Crippen LogP contribution < -0.4 is 26.6 Å². The first-order valence-electron chi connectivity index (χ1n) is 26.7. The van der Waals surface area contributed by atoms with Gasteiger partial charge in [-0.2, -0.15) is 11.8 Å². The minimum Gasteiger partial charge on any atom is -0.481 e. The van der Waals surface area contributed by atoms with E-state index < -0.39 is 89.6 Å². The number of thioether (sulfide) groups is 1. The van der Waals surface area contributed by atoms with Crippen LogP contribution in [0.5, 0.6) is 0 Å². The molecule has 23 heteroatoms. The lowest BCUT2D eigenvalue weighted by Crippen LogP contribution is -2.54. The summed E-state index contributed by atoms with van der Waals surface area (Å²) < 4.78 is 40.2. The zero-order chi connectivity index (χ0) is 59.3. The van der Waals surface area contributed by atoms with Crippen molar-refractivity contribution in [1.29, 1.82) is 0 Å². The largest absolute Gasteiger partial charge is 0.481 e. The zero-order valence-corrected chi connectivity index (χ0v) is 46.4. The van der Waals surface area contributed by atoms with Crippen molar-refractivity contribution in [2.24, 2.45) is 11.3 Å². The average molecular weight is 1120 g/mol. The van der Waals surface area contributed by atoms with Crippen molar-refractivity contribution in [3.05, 3.63) is 95.8 Å². The summed E-state index contributed by atoms with van der Waals surface area (Å²) in [7, 11) is 0. The van der Waals surface area contributed by atoms with Crippen LogP contribution in [0.2, 0.25) is 1.41 Å². The number of carbonyl (C=O) groups is 10. The summed E-state index contributed by atoms with van der Waals surface area (Å²) in [5.74, 6) is -8.48. The first kappa shape index (κ1) is 62.4. The molecule has 0 saturated heterocycles. The Balaban J connectivity index is 1.46. The molecule has 0 spiro atoms. The van der Waals surface area contributed by atoms with E-state index in [1.807, 2.05) is 55.7 Å². The van der Waals surface area contributed by atoms with Gasteiger partial charge in [-0.15, -0.1) is 0 Å². The van der Waals surface area contributed by atoms with Gasteiger partial charge in [-0.1, -0.05) is 71.4 Å². The first-order chi connectivity index (χ1) is 37.8. The maximum atomic E-state index is 15.4. The average Bonchev–Trinajstić information content (AvgIpc) is 3.97. The molecule has 7 N–H and O–H groups in total. The maximum absolute atomic E-state index is 15.4. The molecular formula is C56H74F2N8O12S. The van der Waals surface area contributed by atoms with E-state index in [0.717, 1.165) is 40.4 Å². The number of rotatable bonds is 33. The number of hydrogen-bond acceptors (Lipinski definition) is 11. The van der Waals surface area contributed by atoms with E-state index in [-0.39, 0.29) is 98.5 Å². The Kier molecular flexibility index (Phi) is 24.7. The Morgan fingerprint density at radius 3 is 2.10 bits per heavy atom. The molecule has 8 amide bonds. The van der Waals surface area contributed by atoms with E-state index in [2.05, 4.69) is 21.3 Å². The molecule has 0 saturated carbocycles. The summed E-state index contributed by atoms with van der Waals surface area (Å²) >= 11 is 1.11. The number of carboxylic acids is 2. The predicted octanol–water partition coefficient (Wildman–Crippen LogP) is 5.10. The van der Waals surface area contributed by atoms with Crippen molar-refractivity contribution >= 4 is 71.0 Å². The van der Waals surface area contributed by atoms with E-state index in [9.17, 15) is 57.4 Å². The fourth-order valence-corrected chi connectivity index (χ4v) is 9.52. The predicted molar refractivity (Wildman–Crippen MR) is 292 cm³/mol. The van der Waals surface area contributed by atoms with Crippen molar-refractivity contribution in [1.82, 2.24) is 40.9 Å². The summed E-state index contributed by atoms with van der Waals surface area (Å²) in [5, 5.41) is 29.2. The number of nitrogens with zero attached hydrogens (tertiary/aromatic N) is 3. The molecule has 4 atom stereocenters. The van der Waals surface area contributed by atoms with Gasteiger partial charge in [-0.3, -0.25) is 48.1 Å². The number of benzene rings is 2. The van der Waals surface area contributed by atoms with Crippen LogP contribution in [0.3, 0.4) is 0 Å². The van der Waals surface area contributed by atoms with Gasteiger partial charge in [0.05, 0.1) is 11.8 Å². The van der Waals surface area contributed by atoms with Gasteiger partial charge in [0.2, 0.25) is 35.4 Å². The second-order valence-electron chi connectivity index (χ2n) is 20.6. The van der Waals surface area contributed by atoms with Crippen LogP contribution in [0.25, 0.3) is 11.1 Å². The van der Waals surface area contributed by atoms with E-state index in [0.29, 0.717) is 42.4 Å². The van der Waals surface area contributed by atoms with Crippen LogP contribution in [0.15, 0.2) is 72.9 Å². The van der Waals surface area contributed by atoms with Gasteiger partial charge in [-0.05, 0) is 73.8 Å². The molecule has 1 aromatic heterocycles. The molecule has 4 rings (SSSR count). The van der Waals surface area contributed by atoms with Gasteiger partial charge in [0, 0.05) is 99.3 Å². The second-order valence-corrected chi connectivity index (χ2v) is 21.7. The Morgan fingerprint density at radius 2 is 1.46 bits per heavy atom. The van der Waals surface area contributed by atoms with Crippen molar-refractivity contribution in [2.45, 2.75) is 130 Å². The van der Waals surface area contributed by atoms with Gasteiger partial charge in [0.25, 0.3) is 11.8 Å². The first-order valence-corrected chi connectivity index (χ1v) is 27.4. The minimum atomic E-state index is -1.47. The number of imide groups is 1. The van der Waals surface area contributed by atoms with Gasteiger partial charge < -0.3 is 46.3 Å². The van der Waals surface area contributed by atoms with Crippen molar-refractivity contribution in [3.8, 4) is 11.1 Å². The van der Waals surface area contributed by atoms with Crippen molar-refractivity contribution in [3.63, 3.8) is 0 Å². The summed E-state index contributed by atoms with van der Waals surface area (Å²) in [6.45, 7) is 11.0. The number of halogens is 2.